The molecule has 1 atom stereocenters. The molecular formula is C22H26N4OS. The van der Waals surface area contributed by atoms with E-state index < -0.39 is 0 Å². The number of likely N-dealkylation sites (N-methyl/N-ethyl adjacent to an activating group) is 1. The number of amides is 1. The number of carbonyl (C=O) groups excluding carboxylic acids is 1. The average Bonchev–Trinajstić information content (AvgIpc) is 3.37. The fourth-order valence-corrected chi connectivity index (χ4v) is 4.71. The molecule has 0 bridgehead atoms. The van der Waals surface area contributed by atoms with Crippen molar-refractivity contribution in [3.63, 3.8) is 0 Å². The highest BCUT2D eigenvalue weighted by molar-refractivity contribution is 7.18. The first-order valence-electron chi connectivity index (χ1n) is 9.81. The number of rotatable bonds is 6. The number of hydrogen-bond acceptors (Lipinski definition) is 5. The Kier molecular flexibility index (Phi) is 5.59. The number of para-hydroxylation sites is 3. The number of aromatic nitrogens is 1. The van der Waals surface area contributed by atoms with Crippen molar-refractivity contribution < 1.29 is 4.79 Å². The second kappa shape index (κ2) is 8.29. The van der Waals surface area contributed by atoms with Crippen LogP contribution in [-0.2, 0) is 4.79 Å². The highest BCUT2D eigenvalue weighted by Gasteiger charge is 2.20. The van der Waals surface area contributed by atoms with Crippen LogP contribution in [0, 0.1) is 0 Å². The number of anilines is 2. The minimum absolute atomic E-state index is 0.00195. The van der Waals surface area contributed by atoms with E-state index in [0.717, 1.165) is 35.0 Å². The molecule has 1 amide bonds. The lowest BCUT2D eigenvalue weighted by Gasteiger charge is -2.24. The van der Waals surface area contributed by atoms with Crippen LogP contribution in [0.2, 0.25) is 0 Å². The van der Waals surface area contributed by atoms with E-state index in [1.807, 2.05) is 48.3 Å². The molecule has 1 saturated heterocycles. The predicted octanol–water partition coefficient (Wildman–Crippen LogP) is 4.53. The maximum absolute atomic E-state index is 12.7. The highest BCUT2D eigenvalue weighted by Crippen LogP contribution is 2.30. The largest absolute Gasteiger partial charge is 0.370 e. The molecule has 1 aromatic heterocycles. The third kappa shape index (κ3) is 4.03. The average molecular weight is 395 g/mol. The van der Waals surface area contributed by atoms with Crippen LogP contribution in [0.4, 0.5) is 11.4 Å². The Morgan fingerprint density at radius 2 is 1.89 bits per heavy atom. The zero-order valence-electron chi connectivity index (χ0n) is 16.4. The standard InChI is InChI=1S/C22H26N4OS/c1-16(22-24-18-10-4-6-12-20(18)28-22)25(2)15-21(27)23-17-9-3-5-11-19(17)26-13-7-8-14-26/h3-6,9-12,16H,7-8,13-15H2,1-2H3,(H,23,27)/t16-/m0/s1. The summed E-state index contributed by atoms with van der Waals surface area (Å²) in [5, 5.41) is 4.15. The van der Waals surface area contributed by atoms with E-state index >= 15 is 0 Å². The number of nitrogens with zero attached hydrogens (tertiary/aromatic N) is 3. The maximum atomic E-state index is 12.7. The van der Waals surface area contributed by atoms with Gasteiger partial charge in [0.1, 0.15) is 5.01 Å². The summed E-state index contributed by atoms with van der Waals surface area (Å²) < 4.78 is 1.18. The summed E-state index contributed by atoms with van der Waals surface area (Å²) in [5.74, 6) is 0.00195. The second-order valence-electron chi connectivity index (χ2n) is 7.37. The summed E-state index contributed by atoms with van der Waals surface area (Å²) in [6, 6.07) is 16.3. The van der Waals surface area contributed by atoms with Gasteiger partial charge in [-0.1, -0.05) is 24.3 Å². The predicted molar refractivity (Wildman–Crippen MR) is 117 cm³/mol. The molecule has 1 fully saturated rings. The van der Waals surface area contributed by atoms with Crippen molar-refractivity contribution in [2.24, 2.45) is 0 Å². The van der Waals surface area contributed by atoms with Crippen LogP contribution in [-0.4, -0.2) is 42.5 Å². The van der Waals surface area contributed by atoms with Crippen molar-refractivity contribution in [3.05, 3.63) is 53.5 Å². The maximum Gasteiger partial charge on any atom is 0.238 e. The molecule has 1 N–H and O–H groups in total. The fourth-order valence-electron chi connectivity index (χ4n) is 3.62. The number of benzene rings is 2. The van der Waals surface area contributed by atoms with Crippen LogP contribution in [0.1, 0.15) is 30.8 Å². The van der Waals surface area contributed by atoms with Crippen molar-refractivity contribution in [3.8, 4) is 0 Å². The molecular weight excluding hydrogens is 368 g/mol. The molecule has 0 unspecified atom stereocenters. The van der Waals surface area contributed by atoms with Gasteiger partial charge in [-0.25, -0.2) is 4.98 Å². The van der Waals surface area contributed by atoms with Gasteiger partial charge in [0.15, 0.2) is 0 Å². The Morgan fingerprint density at radius 1 is 1.18 bits per heavy atom. The van der Waals surface area contributed by atoms with Gasteiger partial charge in [-0.3, -0.25) is 9.69 Å². The highest BCUT2D eigenvalue weighted by atomic mass is 32.1. The fraction of sp³-hybridized carbons (Fsp3) is 0.364. The van der Waals surface area contributed by atoms with Gasteiger partial charge in [0.2, 0.25) is 5.91 Å². The summed E-state index contributed by atoms with van der Waals surface area (Å²) in [7, 11) is 1.97. The molecule has 0 radical (unpaired) electrons. The first-order valence-corrected chi connectivity index (χ1v) is 10.6. The van der Waals surface area contributed by atoms with Crippen molar-refractivity contribution in [2.45, 2.75) is 25.8 Å². The van der Waals surface area contributed by atoms with E-state index in [0.29, 0.717) is 6.54 Å². The van der Waals surface area contributed by atoms with Crippen LogP contribution in [0.15, 0.2) is 48.5 Å². The molecule has 1 aliphatic rings. The molecule has 1 aliphatic heterocycles. The van der Waals surface area contributed by atoms with Crippen LogP contribution in [0.3, 0.4) is 0 Å². The minimum Gasteiger partial charge on any atom is -0.370 e. The molecule has 0 spiro atoms. The molecule has 5 nitrogen and oxygen atoms in total. The Balaban J connectivity index is 1.42. The van der Waals surface area contributed by atoms with Gasteiger partial charge < -0.3 is 10.2 Å². The Bertz CT molecular complexity index is 931. The number of fused-ring (bicyclic) bond motifs is 1. The SMILES string of the molecule is C[C@@H](c1nc2ccccc2s1)N(C)CC(=O)Nc1ccccc1N1CCCC1. The van der Waals surface area contributed by atoms with Gasteiger partial charge in [-0.05, 0) is 51.1 Å². The van der Waals surface area contributed by atoms with E-state index in [1.54, 1.807) is 11.3 Å². The zero-order valence-corrected chi connectivity index (χ0v) is 17.2. The zero-order chi connectivity index (χ0) is 19.5. The van der Waals surface area contributed by atoms with E-state index in [2.05, 4.69) is 29.3 Å². The summed E-state index contributed by atoms with van der Waals surface area (Å²) >= 11 is 1.69. The topological polar surface area (TPSA) is 48.5 Å². The van der Waals surface area contributed by atoms with Gasteiger partial charge in [-0.15, -0.1) is 11.3 Å². The normalized spacial score (nSPS) is 15.3. The first kappa shape index (κ1) is 18.9. The molecule has 28 heavy (non-hydrogen) atoms. The van der Waals surface area contributed by atoms with Crippen molar-refractivity contribution >= 4 is 38.8 Å². The minimum atomic E-state index is 0.00195. The third-order valence-corrected chi connectivity index (χ3v) is 6.55. The summed E-state index contributed by atoms with van der Waals surface area (Å²) in [6.07, 6.45) is 2.43. The molecule has 0 aliphatic carbocycles. The molecule has 0 saturated carbocycles. The van der Waals surface area contributed by atoms with E-state index in [4.69, 9.17) is 4.98 Å². The molecule has 2 heterocycles. The van der Waals surface area contributed by atoms with Crippen LogP contribution in [0.5, 0.6) is 0 Å². The molecule has 3 aromatic rings. The summed E-state index contributed by atoms with van der Waals surface area (Å²) in [5.41, 5.74) is 3.04. The quantitative estimate of drug-likeness (QED) is 0.667. The summed E-state index contributed by atoms with van der Waals surface area (Å²) in [6.45, 7) is 4.54. The molecule has 2 aromatic carbocycles. The van der Waals surface area contributed by atoms with E-state index in [1.165, 1.54) is 17.5 Å². The van der Waals surface area contributed by atoms with Gasteiger partial charge in [0, 0.05) is 13.1 Å². The van der Waals surface area contributed by atoms with Crippen LogP contribution < -0.4 is 10.2 Å². The second-order valence-corrected chi connectivity index (χ2v) is 8.43. The van der Waals surface area contributed by atoms with E-state index in [9.17, 15) is 4.79 Å². The smallest absolute Gasteiger partial charge is 0.238 e. The Labute approximate surface area is 170 Å². The summed E-state index contributed by atoms with van der Waals surface area (Å²) in [4.78, 5) is 21.8. The Hall–Kier alpha value is -2.44. The monoisotopic (exact) mass is 394 g/mol. The number of nitrogens with one attached hydrogen (secondary N) is 1. The number of hydrogen-bond donors (Lipinski definition) is 1. The van der Waals surface area contributed by atoms with Crippen molar-refractivity contribution in [1.29, 1.82) is 0 Å². The lowest BCUT2D eigenvalue weighted by Crippen LogP contribution is -2.32. The number of carbonyl (C=O) groups is 1. The van der Waals surface area contributed by atoms with Gasteiger partial charge >= 0.3 is 0 Å². The van der Waals surface area contributed by atoms with Crippen LogP contribution in [0.25, 0.3) is 10.2 Å². The first-order chi connectivity index (χ1) is 13.6. The molecule has 146 valence electrons. The van der Waals surface area contributed by atoms with Gasteiger partial charge in [0.05, 0.1) is 34.2 Å². The lowest BCUT2D eigenvalue weighted by atomic mass is 10.2. The van der Waals surface area contributed by atoms with Crippen molar-refractivity contribution in [1.82, 2.24) is 9.88 Å². The van der Waals surface area contributed by atoms with Crippen LogP contribution >= 0.6 is 11.3 Å². The van der Waals surface area contributed by atoms with Gasteiger partial charge in [-0.2, -0.15) is 0 Å². The Morgan fingerprint density at radius 3 is 2.68 bits per heavy atom. The van der Waals surface area contributed by atoms with E-state index in [-0.39, 0.29) is 11.9 Å². The molecule has 6 heteroatoms. The number of thiazole rings is 1. The lowest BCUT2D eigenvalue weighted by molar-refractivity contribution is -0.117. The molecule has 4 rings (SSSR count). The van der Waals surface area contributed by atoms with Gasteiger partial charge in [0.25, 0.3) is 0 Å². The third-order valence-electron chi connectivity index (χ3n) is 5.35. The van der Waals surface area contributed by atoms with Crippen molar-refractivity contribution in [2.75, 3.05) is 36.9 Å².